The maximum Gasteiger partial charge on any atom is 0.106 e. The summed E-state index contributed by atoms with van der Waals surface area (Å²) in [4.78, 5) is 2.27. The highest BCUT2D eigenvalue weighted by atomic mass is 16.5. The number of aliphatic hydroxyl groups is 1. The van der Waals surface area contributed by atoms with Crippen molar-refractivity contribution < 1.29 is 9.84 Å². The molecule has 0 amide bonds. The van der Waals surface area contributed by atoms with Gasteiger partial charge in [-0.05, 0) is 19.8 Å². The molecule has 5 heteroatoms. The summed E-state index contributed by atoms with van der Waals surface area (Å²) in [6.07, 6.45) is 7.03. The van der Waals surface area contributed by atoms with Crippen LogP contribution in [0.1, 0.15) is 25.3 Å². The zero-order valence-corrected chi connectivity index (χ0v) is 12.5. The number of morpholine rings is 1. The number of hydrogen-bond acceptors (Lipinski definition) is 4. The van der Waals surface area contributed by atoms with Gasteiger partial charge in [0.2, 0.25) is 0 Å². The van der Waals surface area contributed by atoms with Crippen LogP contribution in [0.25, 0.3) is 0 Å². The topological polar surface area (TPSA) is 50.5 Å². The Balaban J connectivity index is 1.95. The smallest absolute Gasteiger partial charge is 0.106 e. The van der Waals surface area contributed by atoms with E-state index in [0.717, 1.165) is 31.5 Å². The summed E-state index contributed by atoms with van der Waals surface area (Å²) in [6.45, 7) is 8.79. The van der Waals surface area contributed by atoms with E-state index in [1.165, 1.54) is 0 Å². The lowest BCUT2D eigenvalue weighted by atomic mass is 9.96. The van der Waals surface area contributed by atoms with Crippen molar-refractivity contribution in [2.75, 3.05) is 26.2 Å². The summed E-state index contributed by atoms with van der Waals surface area (Å²) in [5.41, 5.74) is 0.746. The Hall–Kier alpha value is -1.17. The quantitative estimate of drug-likeness (QED) is 0.797. The molecule has 1 aliphatic rings. The summed E-state index contributed by atoms with van der Waals surface area (Å²) in [6, 6.07) is 0. The van der Waals surface area contributed by atoms with Crippen LogP contribution in [0.4, 0.5) is 0 Å². The number of aliphatic hydroxyl groups excluding tert-OH is 1. The Morgan fingerprint density at radius 1 is 1.65 bits per heavy atom. The molecule has 1 saturated heterocycles. The molecule has 0 aliphatic carbocycles. The standard InChI is InChI=1S/C15H25N3O2/c1-4-5-6-14(19)11-18-7-8-20-15(2,12-18)13-9-16-17(3)10-13/h4,9-10,14,19H,1,5-8,11-12H2,2-3H3. The zero-order valence-electron chi connectivity index (χ0n) is 12.5. The molecule has 1 aliphatic heterocycles. The molecule has 20 heavy (non-hydrogen) atoms. The fourth-order valence-electron chi connectivity index (χ4n) is 2.68. The summed E-state index contributed by atoms with van der Waals surface area (Å²) < 4.78 is 7.76. The maximum absolute atomic E-state index is 10.0. The van der Waals surface area contributed by atoms with Gasteiger partial charge in [-0.15, -0.1) is 6.58 Å². The number of hydrogen-bond donors (Lipinski definition) is 1. The van der Waals surface area contributed by atoms with E-state index >= 15 is 0 Å². The average molecular weight is 279 g/mol. The van der Waals surface area contributed by atoms with E-state index in [9.17, 15) is 5.11 Å². The number of β-amino-alcohol motifs (C(OH)–C–C–N with tert-alkyl or cyclic N) is 1. The van der Waals surface area contributed by atoms with Crippen molar-refractivity contribution in [2.45, 2.75) is 31.5 Å². The van der Waals surface area contributed by atoms with Gasteiger partial charge in [0.05, 0.1) is 18.9 Å². The van der Waals surface area contributed by atoms with Gasteiger partial charge in [0.25, 0.3) is 0 Å². The number of aryl methyl sites for hydroxylation is 1. The summed E-state index contributed by atoms with van der Waals surface area (Å²) >= 11 is 0. The van der Waals surface area contributed by atoms with Gasteiger partial charge in [0.1, 0.15) is 5.60 Å². The molecule has 1 N–H and O–H groups in total. The van der Waals surface area contributed by atoms with E-state index in [-0.39, 0.29) is 11.7 Å². The predicted molar refractivity (Wildman–Crippen MR) is 78.4 cm³/mol. The molecule has 0 aromatic carbocycles. The molecule has 2 atom stereocenters. The summed E-state index contributed by atoms with van der Waals surface area (Å²) in [5.74, 6) is 0. The lowest BCUT2D eigenvalue weighted by Gasteiger charge is -2.40. The molecule has 0 radical (unpaired) electrons. The van der Waals surface area contributed by atoms with Gasteiger partial charge in [0.15, 0.2) is 0 Å². The van der Waals surface area contributed by atoms with Crippen molar-refractivity contribution in [3.05, 3.63) is 30.6 Å². The Labute approximate surface area is 120 Å². The first-order valence-electron chi connectivity index (χ1n) is 7.18. The summed E-state index contributed by atoms with van der Waals surface area (Å²) in [7, 11) is 1.91. The third-order valence-corrected chi connectivity index (χ3v) is 3.84. The Bertz CT molecular complexity index is 446. The molecular formula is C15H25N3O2. The number of nitrogens with zero attached hydrogens (tertiary/aromatic N) is 3. The first-order valence-corrected chi connectivity index (χ1v) is 7.18. The van der Waals surface area contributed by atoms with Crippen molar-refractivity contribution >= 4 is 0 Å². The molecule has 2 heterocycles. The minimum Gasteiger partial charge on any atom is -0.392 e. The van der Waals surface area contributed by atoms with E-state index in [2.05, 4.69) is 23.5 Å². The molecular weight excluding hydrogens is 254 g/mol. The highest BCUT2D eigenvalue weighted by molar-refractivity contribution is 5.16. The SMILES string of the molecule is C=CCCC(O)CN1CCOC(C)(c2cnn(C)c2)C1. The van der Waals surface area contributed by atoms with E-state index in [1.54, 1.807) is 4.68 Å². The van der Waals surface area contributed by atoms with E-state index in [1.807, 2.05) is 25.5 Å². The van der Waals surface area contributed by atoms with Gasteiger partial charge in [-0.2, -0.15) is 5.10 Å². The molecule has 0 saturated carbocycles. The lowest BCUT2D eigenvalue weighted by molar-refractivity contribution is -0.109. The van der Waals surface area contributed by atoms with Gasteiger partial charge < -0.3 is 9.84 Å². The van der Waals surface area contributed by atoms with Crippen molar-refractivity contribution in [1.82, 2.24) is 14.7 Å². The van der Waals surface area contributed by atoms with Crippen LogP contribution >= 0.6 is 0 Å². The third kappa shape index (κ3) is 3.69. The van der Waals surface area contributed by atoms with Crippen molar-refractivity contribution in [3.63, 3.8) is 0 Å². The van der Waals surface area contributed by atoms with Gasteiger partial charge >= 0.3 is 0 Å². The molecule has 112 valence electrons. The van der Waals surface area contributed by atoms with Crippen LogP contribution in [-0.4, -0.2) is 52.1 Å². The van der Waals surface area contributed by atoms with E-state index < -0.39 is 0 Å². The molecule has 0 spiro atoms. The maximum atomic E-state index is 10.0. The number of allylic oxidation sites excluding steroid dienone is 1. The van der Waals surface area contributed by atoms with Crippen LogP contribution in [0.3, 0.4) is 0 Å². The van der Waals surface area contributed by atoms with Crippen LogP contribution in [0.2, 0.25) is 0 Å². The first kappa shape index (κ1) is 15.2. The second kappa shape index (κ2) is 6.52. The minimum atomic E-state index is -0.343. The molecule has 1 aromatic rings. The van der Waals surface area contributed by atoms with Crippen molar-refractivity contribution in [3.8, 4) is 0 Å². The van der Waals surface area contributed by atoms with Gasteiger partial charge in [-0.3, -0.25) is 9.58 Å². The molecule has 2 unspecified atom stereocenters. The van der Waals surface area contributed by atoms with Crippen LogP contribution in [0.5, 0.6) is 0 Å². The second-order valence-electron chi connectivity index (χ2n) is 5.74. The van der Waals surface area contributed by atoms with Gasteiger partial charge in [-0.1, -0.05) is 6.08 Å². The Morgan fingerprint density at radius 3 is 3.10 bits per heavy atom. The average Bonchev–Trinajstić information content (AvgIpc) is 2.84. The van der Waals surface area contributed by atoms with Crippen LogP contribution in [0.15, 0.2) is 25.0 Å². The molecule has 1 aromatic heterocycles. The third-order valence-electron chi connectivity index (χ3n) is 3.84. The molecule has 0 bridgehead atoms. The van der Waals surface area contributed by atoms with Gasteiger partial charge in [-0.25, -0.2) is 0 Å². The Morgan fingerprint density at radius 2 is 2.45 bits per heavy atom. The molecule has 1 fully saturated rings. The van der Waals surface area contributed by atoms with Crippen LogP contribution < -0.4 is 0 Å². The monoisotopic (exact) mass is 279 g/mol. The highest BCUT2D eigenvalue weighted by Gasteiger charge is 2.35. The van der Waals surface area contributed by atoms with Crippen molar-refractivity contribution in [1.29, 1.82) is 0 Å². The largest absolute Gasteiger partial charge is 0.392 e. The van der Waals surface area contributed by atoms with Gasteiger partial charge in [0, 0.05) is 38.4 Å². The minimum absolute atomic E-state index is 0.302. The highest BCUT2D eigenvalue weighted by Crippen LogP contribution is 2.29. The Kier molecular flexibility index (Phi) is 4.96. The number of rotatable bonds is 6. The fraction of sp³-hybridized carbons (Fsp3) is 0.667. The van der Waals surface area contributed by atoms with E-state index in [4.69, 9.17) is 4.74 Å². The lowest BCUT2D eigenvalue weighted by Crippen LogP contribution is -2.50. The van der Waals surface area contributed by atoms with Crippen LogP contribution in [-0.2, 0) is 17.4 Å². The summed E-state index contributed by atoms with van der Waals surface area (Å²) in [5, 5.41) is 14.3. The number of aromatic nitrogens is 2. The normalized spacial score (nSPS) is 25.6. The first-order chi connectivity index (χ1) is 9.53. The van der Waals surface area contributed by atoms with Crippen molar-refractivity contribution in [2.24, 2.45) is 7.05 Å². The second-order valence-corrected chi connectivity index (χ2v) is 5.74. The number of ether oxygens (including phenoxy) is 1. The zero-order chi connectivity index (χ0) is 14.6. The fourth-order valence-corrected chi connectivity index (χ4v) is 2.68. The van der Waals surface area contributed by atoms with Crippen LogP contribution in [0, 0.1) is 0 Å². The van der Waals surface area contributed by atoms with E-state index in [0.29, 0.717) is 13.2 Å². The molecule has 5 nitrogen and oxygen atoms in total. The molecule has 2 rings (SSSR count). The predicted octanol–water partition coefficient (Wildman–Crippen LogP) is 1.29.